The number of hydrogen-bond acceptors (Lipinski definition) is 5. The first-order valence-electron chi connectivity index (χ1n) is 5.96. The Bertz CT molecular complexity index is 450. The average Bonchev–Trinajstić information content (AvgIpc) is 2.71. The van der Waals surface area contributed by atoms with Gasteiger partial charge in [-0.25, -0.2) is 4.79 Å². The summed E-state index contributed by atoms with van der Waals surface area (Å²) in [5, 5.41) is 0. The third-order valence-corrected chi connectivity index (χ3v) is 3.47. The highest BCUT2D eigenvalue weighted by Crippen LogP contribution is 2.40. The lowest BCUT2D eigenvalue weighted by Crippen LogP contribution is -2.28. The van der Waals surface area contributed by atoms with Gasteiger partial charge in [0.05, 0.1) is 19.8 Å². The van der Waals surface area contributed by atoms with E-state index >= 15 is 0 Å². The van der Waals surface area contributed by atoms with E-state index in [1.165, 1.54) is 14.2 Å². The molecule has 0 saturated heterocycles. The largest absolute Gasteiger partial charge is 0.468 e. The molecule has 5 nitrogen and oxygen atoms in total. The third-order valence-electron chi connectivity index (χ3n) is 3.47. The van der Waals surface area contributed by atoms with Crippen LogP contribution in [-0.2, 0) is 19.1 Å². The maximum atomic E-state index is 11.9. The quantitative estimate of drug-likeness (QED) is 0.691. The fourth-order valence-corrected chi connectivity index (χ4v) is 2.61. The summed E-state index contributed by atoms with van der Waals surface area (Å²) >= 11 is 0. The number of nitrogens with zero attached hydrogens (tertiary/aromatic N) is 1. The van der Waals surface area contributed by atoms with Crippen molar-refractivity contribution in [2.45, 2.75) is 19.8 Å². The lowest BCUT2D eigenvalue weighted by atomic mass is 9.96. The first-order chi connectivity index (χ1) is 8.61. The van der Waals surface area contributed by atoms with Gasteiger partial charge in [-0.3, -0.25) is 4.79 Å². The van der Waals surface area contributed by atoms with Gasteiger partial charge in [0.15, 0.2) is 0 Å². The van der Waals surface area contributed by atoms with Gasteiger partial charge in [0, 0.05) is 17.9 Å². The SMILES string of the molecule is COC(=O)C1=C(C)N2CCCC=C2C1C(=O)OC. The molecule has 0 aromatic carbocycles. The van der Waals surface area contributed by atoms with Crippen molar-refractivity contribution in [3.63, 3.8) is 0 Å². The van der Waals surface area contributed by atoms with Crippen molar-refractivity contribution in [3.05, 3.63) is 23.0 Å². The van der Waals surface area contributed by atoms with Crippen molar-refractivity contribution in [3.8, 4) is 0 Å². The second-order valence-electron chi connectivity index (χ2n) is 4.37. The van der Waals surface area contributed by atoms with Crippen LogP contribution >= 0.6 is 0 Å². The van der Waals surface area contributed by atoms with Gasteiger partial charge in [-0.2, -0.15) is 0 Å². The van der Waals surface area contributed by atoms with Crippen molar-refractivity contribution >= 4 is 11.9 Å². The molecule has 98 valence electrons. The Morgan fingerprint density at radius 2 is 2.06 bits per heavy atom. The zero-order chi connectivity index (χ0) is 13.3. The molecule has 1 atom stereocenters. The molecule has 1 unspecified atom stereocenters. The molecule has 18 heavy (non-hydrogen) atoms. The van der Waals surface area contributed by atoms with E-state index in [2.05, 4.69) is 0 Å². The second kappa shape index (κ2) is 4.84. The normalized spacial score (nSPS) is 22.5. The minimum atomic E-state index is -0.636. The number of allylic oxidation sites excluding steroid dienone is 2. The average molecular weight is 251 g/mol. The van der Waals surface area contributed by atoms with E-state index in [0.29, 0.717) is 5.57 Å². The fourth-order valence-electron chi connectivity index (χ4n) is 2.61. The molecular weight excluding hydrogens is 234 g/mol. The van der Waals surface area contributed by atoms with Crippen molar-refractivity contribution in [2.24, 2.45) is 5.92 Å². The molecule has 0 bridgehead atoms. The summed E-state index contributed by atoms with van der Waals surface area (Å²) in [6.45, 7) is 2.67. The van der Waals surface area contributed by atoms with Crippen LogP contribution in [0.1, 0.15) is 19.8 Å². The lowest BCUT2D eigenvalue weighted by Gasteiger charge is -2.27. The Labute approximate surface area is 106 Å². The molecule has 0 radical (unpaired) electrons. The van der Waals surface area contributed by atoms with Crippen LogP contribution in [0.5, 0.6) is 0 Å². The van der Waals surface area contributed by atoms with Crippen LogP contribution in [0.25, 0.3) is 0 Å². The van der Waals surface area contributed by atoms with Crippen molar-refractivity contribution in [2.75, 3.05) is 20.8 Å². The molecule has 2 aliphatic heterocycles. The molecule has 0 saturated carbocycles. The van der Waals surface area contributed by atoms with E-state index in [1.54, 1.807) is 0 Å². The van der Waals surface area contributed by atoms with Crippen LogP contribution in [0.3, 0.4) is 0 Å². The van der Waals surface area contributed by atoms with Crippen molar-refractivity contribution in [1.82, 2.24) is 4.90 Å². The Morgan fingerprint density at radius 1 is 1.33 bits per heavy atom. The van der Waals surface area contributed by atoms with E-state index in [4.69, 9.17) is 9.47 Å². The molecular formula is C13H17NO4. The third kappa shape index (κ3) is 1.79. The molecule has 2 rings (SSSR count). The molecule has 2 aliphatic rings. The summed E-state index contributed by atoms with van der Waals surface area (Å²) in [5.41, 5.74) is 2.05. The number of methoxy groups -OCH3 is 2. The summed E-state index contributed by atoms with van der Waals surface area (Å²) in [6.07, 6.45) is 3.94. The summed E-state index contributed by atoms with van der Waals surface area (Å²) in [5.74, 6) is -1.51. The van der Waals surface area contributed by atoms with E-state index in [9.17, 15) is 9.59 Å². The molecule has 0 N–H and O–H groups in total. The van der Waals surface area contributed by atoms with Gasteiger partial charge in [-0.1, -0.05) is 6.08 Å². The number of carbonyl (C=O) groups is 2. The number of hydrogen-bond donors (Lipinski definition) is 0. The zero-order valence-electron chi connectivity index (χ0n) is 10.9. The maximum absolute atomic E-state index is 11.9. The number of rotatable bonds is 2. The summed E-state index contributed by atoms with van der Waals surface area (Å²) in [4.78, 5) is 25.8. The molecule has 0 spiro atoms. The summed E-state index contributed by atoms with van der Waals surface area (Å²) < 4.78 is 9.59. The van der Waals surface area contributed by atoms with Crippen LogP contribution in [0.15, 0.2) is 23.0 Å². The second-order valence-corrected chi connectivity index (χ2v) is 4.37. The minimum Gasteiger partial charge on any atom is -0.468 e. The Kier molecular flexibility index (Phi) is 3.41. The minimum absolute atomic E-state index is 0.400. The van der Waals surface area contributed by atoms with Gasteiger partial charge >= 0.3 is 11.9 Å². The highest BCUT2D eigenvalue weighted by Gasteiger charge is 2.43. The van der Waals surface area contributed by atoms with Gasteiger partial charge in [-0.05, 0) is 19.8 Å². The number of carbonyl (C=O) groups excluding carboxylic acids is 2. The first-order valence-corrected chi connectivity index (χ1v) is 5.96. The van der Waals surface area contributed by atoms with Crippen LogP contribution in [0, 0.1) is 5.92 Å². The molecule has 0 aromatic heterocycles. The van der Waals surface area contributed by atoms with E-state index in [-0.39, 0.29) is 0 Å². The molecule has 5 heteroatoms. The Balaban J connectivity index is 2.48. The monoisotopic (exact) mass is 251 g/mol. The predicted molar refractivity (Wildman–Crippen MR) is 64.2 cm³/mol. The Morgan fingerprint density at radius 3 is 2.67 bits per heavy atom. The molecule has 0 aliphatic carbocycles. The number of esters is 2. The Hall–Kier alpha value is -1.78. The van der Waals surface area contributed by atoms with Crippen LogP contribution in [0.4, 0.5) is 0 Å². The van der Waals surface area contributed by atoms with E-state index < -0.39 is 17.9 Å². The first kappa shape index (κ1) is 12.7. The highest BCUT2D eigenvalue weighted by molar-refractivity contribution is 5.99. The lowest BCUT2D eigenvalue weighted by molar-refractivity contribution is -0.146. The topological polar surface area (TPSA) is 55.8 Å². The van der Waals surface area contributed by atoms with Gasteiger partial charge in [-0.15, -0.1) is 0 Å². The number of fused-ring (bicyclic) bond motifs is 1. The fraction of sp³-hybridized carbons (Fsp3) is 0.538. The highest BCUT2D eigenvalue weighted by atomic mass is 16.5. The standard InChI is InChI=1S/C13H17NO4/c1-8-10(12(15)17-2)11(13(16)18-3)9-6-4-5-7-14(8)9/h6,11H,4-5,7H2,1-3H3. The summed E-state index contributed by atoms with van der Waals surface area (Å²) in [6, 6.07) is 0. The van der Waals surface area contributed by atoms with Crippen LogP contribution in [-0.4, -0.2) is 37.6 Å². The van der Waals surface area contributed by atoms with Crippen molar-refractivity contribution in [1.29, 1.82) is 0 Å². The zero-order valence-corrected chi connectivity index (χ0v) is 10.9. The smallest absolute Gasteiger partial charge is 0.336 e. The summed E-state index contributed by atoms with van der Waals surface area (Å²) in [7, 11) is 2.65. The van der Waals surface area contributed by atoms with Crippen molar-refractivity contribution < 1.29 is 19.1 Å². The van der Waals surface area contributed by atoms with Gasteiger partial charge < -0.3 is 14.4 Å². The van der Waals surface area contributed by atoms with E-state index in [0.717, 1.165) is 30.8 Å². The van der Waals surface area contributed by atoms with Gasteiger partial charge in [0.2, 0.25) is 0 Å². The predicted octanol–water partition coefficient (Wildman–Crippen LogP) is 1.22. The van der Waals surface area contributed by atoms with E-state index in [1.807, 2.05) is 17.9 Å². The van der Waals surface area contributed by atoms with Crippen LogP contribution < -0.4 is 0 Å². The molecule has 0 amide bonds. The molecule has 2 heterocycles. The van der Waals surface area contributed by atoms with Gasteiger partial charge in [0.1, 0.15) is 5.92 Å². The number of ether oxygens (including phenoxy) is 2. The van der Waals surface area contributed by atoms with Crippen LogP contribution in [0.2, 0.25) is 0 Å². The maximum Gasteiger partial charge on any atom is 0.336 e. The molecule has 0 fully saturated rings. The van der Waals surface area contributed by atoms with Gasteiger partial charge in [0.25, 0.3) is 0 Å². The molecule has 0 aromatic rings.